The second-order valence-electron chi connectivity index (χ2n) is 3.50. The van der Waals surface area contributed by atoms with Crippen LogP contribution in [0, 0.1) is 0 Å². The zero-order chi connectivity index (χ0) is 10.8. The van der Waals surface area contributed by atoms with Gasteiger partial charge in [0.15, 0.2) is 0 Å². The van der Waals surface area contributed by atoms with E-state index >= 15 is 0 Å². The molecule has 1 aromatic heterocycles. The van der Waals surface area contributed by atoms with Crippen molar-refractivity contribution in [3.63, 3.8) is 0 Å². The van der Waals surface area contributed by atoms with Crippen LogP contribution in [0.2, 0.25) is 0 Å². The molecule has 15 heavy (non-hydrogen) atoms. The number of anilines is 1. The molecule has 0 bridgehead atoms. The average Bonchev–Trinajstić information content (AvgIpc) is 2.16. The van der Waals surface area contributed by atoms with Gasteiger partial charge in [-0.05, 0) is 6.42 Å². The third kappa shape index (κ3) is 1.75. The van der Waals surface area contributed by atoms with Gasteiger partial charge in [-0.15, -0.1) is 0 Å². The summed E-state index contributed by atoms with van der Waals surface area (Å²) < 4.78 is 0. The zero-order valence-corrected chi connectivity index (χ0v) is 8.26. The smallest absolute Gasteiger partial charge is 0.240 e. The summed E-state index contributed by atoms with van der Waals surface area (Å²) in [5.41, 5.74) is 11.5. The van der Waals surface area contributed by atoms with Crippen LogP contribution in [0.3, 0.4) is 0 Å². The Balaban J connectivity index is 2.13. The number of aromatic nitrogens is 2. The molecule has 1 saturated heterocycles. The summed E-state index contributed by atoms with van der Waals surface area (Å²) in [4.78, 5) is 21.1. The van der Waals surface area contributed by atoms with E-state index in [9.17, 15) is 4.79 Å². The fraction of sp³-hybridized carbons (Fsp3) is 0.444. The number of hydrogen-bond donors (Lipinski definition) is 2. The Bertz CT molecular complexity index is 363. The van der Waals surface area contributed by atoms with Crippen LogP contribution >= 0.6 is 0 Å². The largest absolute Gasteiger partial charge is 0.368 e. The monoisotopic (exact) mass is 207 g/mol. The minimum atomic E-state index is -0.326. The first-order valence-electron chi connectivity index (χ1n) is 4.79. The van der Waals surface area contributed by atoms with E-state index in [-0.39, 0.29) is 11.9 Å². The van der Waals surface area contributed by atoms with Gasteiger partial charge in [0.05, 0.1) is 0 Å². The lowest BCUT2D eigenvalue weighted by Crippen LogP contribution is -2.55. The summed E-state index contributed by atoms with van der Waals surface area (Å²) in [5, 5.41) is 0. The van der Waals surface area contributed by atoms with Crippen molar-refractivity contribution in [2.24, 2.45) is 11.5 Å². The lowest BCUT2D eigenvalue weighted by atomic mass is 10.0. The van der Waals surface area contributed by atoms with Crippen molar-refractivity contribution in [1.29, 1.82) is 0 Å². The summed E-state index contributed by atoms with van der Waals surface area (Å²) >= 11 is 0. The molecule has 0 radical (unpaired) electrons. The van der Waals surface area contributed by atoms with Crippen LogP contribution in [0.15, 0.2) is 12.4 Å². The predicted octanol–water partition coefficient (Wildman–Crippen LogP) is -1.00. The molecule has 1 aliphatic heterocycles. The average molecular weight is 207 g/mol. The van der Waals surface area contributed by atoms with E-state index < -0.39 is 0 Å². The molecule has 6 nitrogen and oxygen atoms in total. The van der Waals surface area contributed by atoms with E-state index in [1.54, 1.807) is 17.3 Å². The van der Waals surface area contributed by atoms with Gasteiger partial charge >= 0.3 is 0 Å². The fourth-order valence-electron chi connectivity index (χ4n) is 1.52. The van der Waals surface area contributed by atoms with Gasteiger partial charge in [-0.25, -0.2) is 9.97 Å². The van der Waals surface area contributed by atoms with Crippen molar-refractivity contribution in [3.05, 3.63) is 18.0 Å². The van der Waals surface area contributed by atoms with Gasteiger partial charge in [-0.1, -0.05) is 0 Å². The van der Waals surface area contributed by atoms with Crippen LogP contribution in [0.1, 0.15) is 12.0 Å². The molecule has 1 fully saturated rings. The van der Waals surface area contributed by atoms with Crippen molar-refractivity contribution in [3.8, 4) is 0 Å². The molecular formula is C9H13N5O. The second kappa shape index (κ2) is 3.82. The number of carbonyl (C=O) groups is 1. The van der Waals surface area contributed by atoms with Crippen LogP contribution in [0.4, 0.5) is 5.95 Å². The summed E-state index contributed by atoms with van der Waals surface area (Å²) in [5.74, 6) is 0.218. The lowest BCUT2D eigenvalue weighted by molar-refractivity contribution is -0.120. The number of hydrogen-bond acceptors (Lipinski definition) is 5. The molecule has 2 heterocycles. The number of rotatable bonds is 3. The van der Waals surface area contributed by atoms with E-state index in [1.165, 1.54) is 0 Å². The Morgan fingerprint density at radius 3 is 2.60 bits per heavy atom. The minimum Gasteiger partial charge on any atom is -0.368 e. The third-order valence-corrected chi connectivity index (χ3v) is 2.53. The summed E-state index contributed by atoms with van der Waals surface area (Å²) in [6, 6.07) is -0.256. The third-order valence-electron chi connectivity index (χ3n) is 2.53. The highest BCUT2D eigenvalue weighted by Crippen LogP contribution is 2.22. The van der Waals surface area contributed by atoms with Crippen LogP contribution in [-0.2, 0) is 11.3 Å². The van der Waals surface area contributed by atoms with Crippen molar-refractivity contribution in [2.45, 2.75) is 19.0 Å². The van der Waals surface area contributed by atoms with Crippen LogP contribution in [0.25, 0.3) is 0 Å². The molecule has 4 N–H and O–H groups in total. The van der Waals surface area contributed by atoms with Gasteiger partial charge in [0, 0.05) is 31.0 Å². The van der Waals surface area contributed by atoms with Crippen molar-refractivity contribution in [1.82, 2.24) is 9.97 Å². The normalized spacial score (nSPS) is 19.8. The van der Waals surface area contributed by atoms with Crippen molar-refractivity contribution in [2.75, 3.05) is 11.4 Å². The summed E-state index contributed by atoms with van der Waals surface area (Å²) in [7, 11) is 0. The fourth-order valence-corrected chi connectivity index (χ4v) is 1.52. The molecule has 0 spiro atoms. The van der Waals surface area contributed by atoms with Gasteiger partial charge in [-0.2, -0.15) is 0 Å². The number of carbonyl (C=O) groups excluding carboxylic acids is 1. The minimum absolute atomic E-state index is 0.256. The zero-order valence-electron chi connectivity index (χ0n) is 8.26. The number of nitrogens with zero attached hydrogens (tertiary/aromatic N) is 3. The highest BCUT2D eigenvalue weighted by atomic mass is 16.1. The Morgan fingerprint density at radius 2 is 2.20 bits per heavy atom. The first-order valence-corrected chi connectivity index (χ1v) is 4.79. The Morgan fingerprint density at radius 1 is 1.53 bits per heavy atom. The Hall–Kier alpha value is -1.69. The molecule has 0 aromatic carbocycles. The Kier molecular flexibility index (Phi) is 2.51. The summed E-state index contributed by atoms with van der Waals surface area (Å²) in [6.07, 6.45) is 4.11. The molecule has 1 aliphatic rings. The van der Waals surface area contributed by atoms with Crippen molar-refractivity contribution < 1.29 is 4.79 Å². The van der Waals surface area contributed by atoms with Gasteiger partial charge < -0.3 is 16.4 Å². The molecule has 0 saturated carbocycles. The van der Waals surface area contributed by atoms with E-state index in [0.29, 0.717) is 12.5 Å². The Labute approximate surface area is 87.3 Å². The maximum absolute atomic E-state index is 11.0. The molecule has 1 amide bonds. The first kappa shape index (κ1) is 9.85. The SMILES string of the molecule is NCc1cnc(N2CCC2C(N)=O)nc1. The van der Waals surface area contributed by atoms with Crippen LogP contribution in [0.5, 0.6) is 0 Å². The van der Waals surface area contributed by atoms with Gasteiger partial charge in [-0.3, -0.25) is 4.79 Å². The highest BCUT2D eigenvalue weighted by Gasteiger charge is 2.34. The maximum atomic E-state index is 11.0. The molecule has 1 aromatic rings. The standard InChI is InChI=1S/C9H13N5O/c10-3-6-4-12-9(13-5-6)14-2-1-7(14)8(11)15/h4-5,7H,1-3,10H2,(H2,11,15). The second-order valence-corrected chi connectivity index (χ2v) is 3.50. The summed E-state index contributed by atoms with van der Waals surface area (Å²) in [6.45, 7) is 1.19. The van der Waals surface area contributed by atoms with E-state index in [2.05, 4.69) is 9.97 Å². The van der Waals surface area contributed by atoms with Crippen molar-refractivity contribution >= 4 is 11.9 Å². The molecule has 1 atom stereocenters. The van der Waals surface area contributed by atoms with E-state index in [0.717, 1.165) is 18.5 Å². The highest BCUT2D eigenvalue weighted by molar-refractivity contribution is 5.84. The quantitative estimate of drug-likeness (QED) is 0.662. The van der Waals surface area contributed by atoms with Gasteiger partial charge in [0.1, 0.15) is 6.04 Å². The number of primary amides is 1. The molecule has 6 heteroatoms. The van der Waals surface area contributed by atoms with Gasteiger partial charge in [0.25, 0.3) is 0 Å². The molecular weight excluding hydrogens is 194 g/mol. The molecule has 2 rings (SSSR count). The molecule has 1 unspecified atom stereocenters. The predicted molar refractivity (Wildman–Crippen MR) is 54.9 cm³/mol. The van der Waals surface area contributed by atoms with E-state index in [1.807, 2.05) is 0 Å². The van der Waals surface area contributed by atoms with E-state index in [4.69, 9.17) is 11.5 Å². The van der Waals surface area contributed by atoms with Gasteiger partial charge in [0.2, 0.25) is 11.9 Å². The van der Waals surface area contributed by atoms with Crippen LogP contribution < -0.4 is 16.4 Å². The van der Waals surface area contributed by atoms with Crippen LogP contribution in [-0.4, -0.2) is 28.5 Å². The first-order chi connectivity index (χ1) is 7.22. The molecule has 80 valence electrons. The maximum Gasteiger partial charge on any atom is 0.240 e. The topological polar surface area (TPSA) is 98.1 Å². The molecule has 0 aliphatic carbocycles. The lowest BCUT2D eigenvalue weighted by Gasteiger charge is -2.38. The number of nitrogens with two attached hydrogens (primary N) is 2. The number of amides is 1.